The van der Waals surface area contributed by atoms with E-state index in [-0.39, 0.29) is 0 Å². The van der Waals surface area contributed by atoms with Gasteiger partial charge in [-0.05, 0) is 30.5 Å². The van der Waals surface area contributed by atoms with E-state index in [1.165, 1.54) is 5.56 Å². The molecule has 1 N–H and O–H groups in total. The number of nitrogens with zero attached hydrogens (tertiary/aromatic N) is 2. The van der Waals surface area contributed by atoms with E-state index < -0.39 is 0 Å². The Morgan fingerprint density at radius 2 is 1.85 bits per heavy atom. The second kappa shape index (κ2) is 11.0. The lowest BCUT2D eigenvalue weighted by Gasteiger charge is -2.03. The van der Waals surface area contributed by atoms with Gasteiger partial charge in [0.2, 0.25) is 0 Å². The SMILES string of the molecule is CC.CC.CCC=Nc1cc(-c2cn[nH]c2)ccc1C. The summed E-state index contributed by atoms with van der Waals surface area (Å²) in [7, 11) is 0. The van der Waals surface area contributed by atoms with Gasteiger partial charge in [0.25, 0.3) is 0 Å². The number of aryl methyl sites for hydroxylation is 1. The van der Waals surface area contributed by atoms with E-state index in [0.29, 0.717) is 0 Å². The summed E-state index contributed by atoms with van der Waals surface area (Å²) in [5.74, 6) is 0. The van der Waals surface area contributed by atoms with E-state index in [1.54, 1.807) is 0 Å². The zero-order chi connectivity index (χ0) is 15.4. The number of benzene rings is 1. The van der Waals surface area contributed by atoms with Crippen LogP contribution in [0.25, 0.3) is 11.1 Å². The van der Waals surface area contributed by atoms with Crippen LogP contribution in [0.4, 0.5) is 5.69 Å². The van der Waals surface area contributed by atoms with Crippen LogP contribution in [0.5, 0.6) is 0 Å². The molecule has 1 aromatic carbocycles. The van der Waals surface area contributed by atoms with Crippen molar-refractivity contribution in [2.45, 2.75) is 48.0 Å². The van der Waals surface area contributed by atoms with Gasteiger partial charge in [-0.25, -0.2) is 0 Å². The molecule has 0 atom stereocenters. The third-order valence-electron chi connectivity index (χ3n) is 2.45. The van der Waals surface area contributed by atoms with Gasteiger partial charge in [0.15, 0.2) is 0 Å². The average molecular weight is 273 g/mol. The Bertz CT molecular complexity index is 485. The van der Waals surface area contributed by atoms with E-state index in [4.69, 9.17) is 0 Å². The molecule has 0 aliphatic carbocycles. The Labute approximate surface area is 123 Å². The first-order valence-corrected chi connectivity index (χ1v) is 7.43. The molecular formula is C17H27N3. The van der Waals surface area contributed by atoms with Crippen molar-refractivity contribution >= 4 is 11.9 Å². The topological polar surface area (TPSA) is 41.0 Å². The zero-order valence-corrected chi connectivity index (χ0v) is 13.6. The van der Waals surface area contributed by atoms with Crippen molar-refractivity contribution in [1.29, 1.82) is 0 Å². The molecule has 0 aliphatic rings. The van der Waals surface area contributed by atoms with E-state index in [0.717, 1.165) is 23.2 Å². The summed E-state index contributed by atoms with van der Waals surface area (Å²) in [6.45, 7) is 12.2. The van der Waals surface area contributed by atoms with Gasteiger partial charge >= 0.3 is 0 Å². The molecule has 20 heavy (non-hydrogen) atoms. The first kappa shape index (κ1) is 18.1. The molecule has 0 saturated heterocycles. The molecule has 0 amide bonds. The van der Waals surface area contributed by atoms with Crippen LogP contribution in [-0.4, -0.2) is 16.4 Å². The quantitative estimate of drug-likeness (QED) is 0.732. The van der Waals surface area contributed by atoms with Gasteiger partial charge in [0.05, 0.1) is 11.9 Å². The van der Waals surface area contributed by atoms with Crippen molar-refractivity contribution in [3.05, 3.63) is 36.2 Å². The van der Waals surface area contributed by atoms with Crippen molar-refractivity contribution < 1.29 is 0 Å². The standard InChI is InChI=1S/C13H15N3.2C2H6/c1-3-6-14-13-7-11(5-4-10(13)2)12-8-15-16-9-12;2*1-2/h4-9H,3H2,1-2H3,(H,15,16);2*1-2H3. The second-order valence-corrected chi connectivity index (χ2v) is 3.71. The molecule has 0 unspecified atom stereocenters. The summed E-state index contributed by atoms with van der Waals surface area (Å²) in [5.41, 5.74) is 4.45. The molecule has 0 bridgehead atoms. The highest BCUT2D eigenvalue weighted by Crippen LogP contribution is 2.26. The predicted molar refractivity (Wildman–Crippen MR) is 89.9 cm³/mol. The number of H-pyrrole nitrogens is 1. The zero-order valence-electron chi connectivity index (χ0n) is 13.6. The van der Waals surface area contributed by atoms with Gasteiger partial charge in [-0.3, -0.25) is 10.1 Å². The largest absolute Gasteiger partial charge is 0.285 e. The van der Waals surface area contributed by atoms with Crippen LogP contribution in [0.3, 0.4) is 0 Å². The molecule has 3 heteroatoms. The monoisotopic (exact) mass is 273 g/mol. The lowest BCUT2D eigenvalue weighted by atomic mass is 10.1. The van der Waals surface area contributed by atoms with Gasteiger partial charge in [-0.2, -0.15) is 5.10 Å². The minimum absolute atomic E-state index is 0.954. The van der Waals surface area contributed by atoms with Crippen molar-refractivity contribution in [1.82, 2.24) is 10.2 Å². The normalized spacial score (nSPS) is 9.50. The van der Waals surface area contributed by atoms with Gasteiger partial charge in [-0.1, -0.05) is 46.8 Å². The fourth-order valence-electron chi connectivity index (χ4n) is 1.53. The Hall–Kier alpha value is -1.90. The Kier molecular flexibility index (Phi) is 9.93. The van der Waals surface area contributed by atoms with Crippen LogP contribution in [0, 0.1) is 6.92 Å². The lowest BCUT2D eigenvalue weighted by Crippen LogP contribution is -1.79. The third kappa shape index (κ3) is 5.39. The predicted octanol–water partition coefficient (Wildman–Crippen LogP) is 5.55. The molecule has 0 spiro atoms. The maximum absolute atomic E-state index is 4.44. The van der Waals surface area contributed by atoms with Crippen molar-refractivity contribution in [3.63, 3.8) is 0 Å². The highest BCUT2D eigenvalue weighted by atomic mass is 15.1. The molecular weight excluding hydrogens is 246 g/mol. The first-order chi connectivity index (χ1) is 9.81. The second-order valence-electron chi connectivity index (χ2n) is 3.71. The Morgan fingerprint density at radius 3 is 2.40 bits per heavy atom. The smallest absolute Gasteiger partial charge is 0.0661 e. The van der Waals surface area contributed by atoms with E-state index in [2.05, 4.69) is 47.2 Å². The van der Waals surface area contributed by atoms with E-state index in [1.807, 2.05) is 46.3 Å². The number of aromatic amines is 1. The molecule has 0 fully saturated rings. The van der Waals surface area contributed by atoms with Crippen molar-refractivity contribution in [2.24, 2.45) is 4.99 Å². The summed E-state index contributed by atoms with van der Waals surface area (Å²) in [4.78, 5) is 4.44. The number of nitrogens with one attached hydrogen (secondary N) is 1. The van der Waals surface area contributed by atoms with E-state index in [9.17, 15) is 0 Å². The molecule has 0 saturated carbocycles. The summed E-state index contributed by atoms with van der Waals surface area (Å²) < 4.78 is 0. The van der Waals surface area contributed by atoms with Gasteiger partial charge in [0.1, 0.15) is 0 Å². The Balaban J connectivity index is 0.000000829. The maximum Gasteiger partial charge on any atom is 0.0661 e. The molecule has 2 aromatic rings. The molecule has 2 rings (SSSR count). The maximum atomic E-state index is 4.44. The third-order valence-corrected chi connectivity index (χ3v) is 2.45. The lowest BCUT2D eigenvalue weighted by molar-refractivity contribution is 1.09. The van der Waals surface area contributed by atoms with Gasteiger partial charge < -0.3 is 0 Å². The van der Waals surface area contributed by atoms with Gasteiger partial charge in [0, 0.05) is 18.0 Å². The molecule has 3 nitrogen and oxygen atoms in total. The summed E-state index contributed by atoms with van der Waals surface area (Å²) >= 11 is 0. The number of rotatable bonds is 3. The average Bonchev–Trinajstić information content (AvgIpc) is 3.05. The number of aromatic nitrogens is 2. The first-order valence-electron chi connectivity index (χ1n) is 7.43. The van der Waals surface area contributed by atoms with Crippen LogP contribution in [0.2, 0.25) is 0 Å². The molecule has 1 aromatic heterocycles. The Morgan fingerprint density at radius 1 is 1.15 bits per heavy atom. The number of hydrogen-bond acceptors (Lipinski definition) is 2. The fraction of sp³-hybridized carbons (Fsp3) is 0.412. The van der Waals surface area contributed by atoms with E-state index >= 15 is 0 Å². The van der Waals surface area contributed by atoms with Crippen LogP contribution >= 0.6 is 0 Å². The highest BCUT2D eigenvalue weighted by Gasteiger charge is 2.01. The van der Waals surface area contributed by atoms with Crippen LogP contribution in [0.15, 0.2) is 35.6 Å². The molecule has 110 valence electrons. The van der Waals surface area contributed by atoms with Crippen LogP contribution in [-0.2, 0) is 0 Å². The molecule has 1 heterocycles. The minimum atomic E-state index is 0.954. The minimum Gasteiger partial charge on any atom is -0.285 e. The number of hydrogen-bond donors (Lipinski definition) is 1. The summed E-state index contributed by atoms with van der Waals surface area (Å²) in [5, 5.41) is 6.77. The van der Waals surface area contributed by atoms with Gasteiger partial charge in [-0.15, -0.1) is 0 Å². The van der Waals surface area contributed by atoms with Crippen molar-refractivity contribution in [3.8, 4) is 11.1 Å². The van der Waals surface area contributed by atoms with Crippen LogP contribution in [0.1, 0.15) is 46.6 Å². The molecule has 0 aliphatic heterocycles. The van der Waals surface area contributed by atoms with Crippen LogP contribution < -0.4 is 0 Å². The number of aliphatic imine (C=N–C) groups is 1. The summed E-state index contributed by atoms with van der Waals surface area (Å²) in [6.07, 6.45) is 6.59. The fourth-order valence-corrected chi connectivity index (χ4v) is 1.53. The molecule has 0 radical (unpaired) electrons. The summed E-state index contributed by atoms with van der Waals surface area (Å²) in [6, 6.07) is 6.27. The highest BCUT2D eigenvalue weighted by molar-refractivity contribution is 5.71. The van der Waals surface area contributed by atoms with Crippen molar-refractivity contribution in [2.75, 3.05) is 0 Å².